The third kappa shape index (κ3) is 2.71. The molecule has 106 valence electrons. The van der Waals surface area contributed by atoms with Crippen LogP contribution in [-0.2, 0) is 6.54 Å². The van der Waals surface area contributed by atoms with Crippen molar-refractivity contribution in [2.75, 3.05) is 5.32 Å². The Hall–Kier alpha value is -2.83. The first kappa shape index (κ1) is 13.2. The number of halogens is 2. The first-order valence-electron chi connectivity index (χ1n) is 6.26. The van der Waals surface area contributed by atoms with Crippen LogP contribution in [0.25, 0.3) is 5.69 Å². The lowest BCUT2D eigenvalue weighted by Crippen LogP contribution is -2.09. The third-order valence-corrected chi connectivity index (χ3v) is 2.92. The van der Waals surface area contributed by atoms with Gasteiger partial charge in [-0.05, 0) is 34.7 Å². The van der Waals surface area contributed by atoms with Gasteiger partial charge >= 0.3 is 0 Å². The summed E-state index contributed by atoms with van der Waals surface area (Å²) in [7, 11) is 0. The molecular weight excluding hydrogens is 276 g/mol. The van der Waals surface area contributed by atoms with E-state index in [2.05, 4.69) is 20.8 Å². The number of anilines is 1. The van der Waals surface area contributed by atoms with Crippen LogP contribution < -0.4 is 5.32 Å². The monoisotopic (exact) mass is 287 g/mol. The Bertz CT molecular complexity index is 742. The van der Waals surface area contributed by atoms with Gasteiger partial charge in [0.15, 0.2) is 17.5 Å². The normalized spacial score (nSPS) is 10.6. The smallest absolute Gasteiger partial charge is 0.181 e. The minimum Gasteiger partial charge on any atom is -0.375 e. The van der Waals surface area contributed by atoms with E-state index >= 15 is 0 Å². The molecule has 7 heteroatoms. The highest BCUT2D eigenvalue weighted by molar-refractivity contribution is 5.45. The van der Waals surface area contributed by atoms with E-state index in [1.165, 1.54) is 16.8 Å². The molecule has 0 radical (unpaired) electrons. The van der Waals surface area contributed by atoms with Crippen molar-refractivity contribution in [3.63, 3.8) is 0 Å². The van der Waals surface area contributed by atoms with Crippen LogP contribution in [0.4, 0.5) is 14.5 Å². The Labute approximate surface area is 119 Å². The molecule has 3 rings (SSSR count). The fourth-order valence-corrected chi connectivity index (χ4v) is 1.90. The highest BCUT2D eigenvalue weighted by atomic mass is 19.2. The van der Waals surface area contributed by atoms with Gasteiger partial charge in [-0.15, -0.1) is 5.10 Å². The number of rotatable bonds is 4. The summed E-state index contributed by atoms with van der Waals surface area (Å²) < 4.78 is 28.2. The number of nitrogens with zero attached hydrogens (tertiary/aromatic N) is 4. The van der Waals surface area contributed by atoms with Crippen molar-refractivity contribution in [1.29, 1.82) is 0 Å². The maximum atomic E-state index is 13.6. The molecule has 1 heterocycles. The number of hydrogen-bond acceptors (Lipinski definition) is 4. The van der Waals surface area contributed by atoms with Crippen LogP contribution in [0.1, 0.15) is 5.82 Å². The average Bonchev–Trinajstić information content (AvgIpc) is 2.98. The summed E-state index contributed by atoms with van der Waals surface area (Å²) in [6.45, 7) is 0.169. The van der Waals surface area contributed by atoms with Crippen molar-refractivity contribution in [1.82, 2.24) is 20.2 Å². The van der Waals surface area contributed by atoms with Crippen molar-refractivity contribution in [2.24, 2.45) is 0 Å². The fourth-order valence-electron chi connectivity index (χ4n) is 1.90. The average molecular weight is 287 g/mol. The molecule has 0 bridgehead atoms. The Morgan fingerprint density at radius 3 is 2.62 bits per heavy atom. The van der Waals surface area contributed by atoms with Crippen LogP contribution in [0, 0.1) is 11.6 Å². The molecule has 0 atom stereocenters. The van der Waals surface area contributed by atoms with E-state index in [4.69, 9.17) is 0 Å². The number of benzene rings is 2. The predicted octanol–water partition coefficient (Wildman–Crippen LogP) is 2.55. The van der Waals surface area contributed by atoms with Crippen LogP contribution >= 0.6 is 0 Å². The topological polar surface area (TPSA) is 55.6 Å². The fraction of sp³-hybridized carbons (Fsp3) is 0.0714. The summed E-state index contributed by atoms with van der Waals surface area (Å²) in [5, 5.41) is 14.2. The van der Waals surface area contributed by atoms with E-state index in [-0.39, 0.29) is 12.2 Å². The van der Waals surface area contributed by atoms with E-state index in [9.17, 15) is 8.78 Å². The zero-order chi connectivity index (χ0) is 14.7. The number of nitrogens with one attached hydrogen (secondary N) is 1. The molecule has 2 aromatic carbocycles. The first-order chi connectivity index (χ1) is 10.3. The maximum absolute atomic E-state index is 13.6. The summed E-state index contributed by atoms with van der Waals surface area (Å²) in [5.74, 6) is -1.33. The summed E-state index contributed by atoms with van der Waals surface area (Å²) in [6, 6.07) is 13.3. The van der Waals surface area contributed by atoms with Crippen molar-refractivity contribution in [3.8, 4) is 5.69 Å². The van der Waals surface area contributed by atoms with Gasteiger partial charge in [0.25, 0.3) is 0 Å². The standard InChI is InChI=1S/C14H11F2N5/c15-11-7-4-8-12(14(11)16)17-9-13-18-19-20-21(13)10-5-2-1-3-6-10/h1-8,17H,9H2. The molecule has 0 fully saturated rings. The van der Waals surface area contributed by atoms with Gasteiger partial charge in [-0.3, -0.25) is 0 Å². The highest BCUT2D eigenvalue weighted by Gasteiger charge is 2.11. The van der Waals surface area contributed by atoms with E-state index in [0.717, 1.165) is 11.8 Å². The molecule has 1 N–H and O–H groups in total. The molecule has 0 unspecified atom stereocenters. The van der Waals surface area contributed by atoms with E-state index in [1.54, 1.807) is 0 Å². The summed E-state index contributed by atoms with van der Waals surface area (Å²) in [4.78, 5) is 0. The van der Waals surface area contributed by atoms with Crippen LogP contribution in [-0.4, -0.2) is 20.2 Å². The maximum Gasteiger partial charge on any atom is 0.181 e. The second-order valence-corrected chi connectivity index (χ2v) is 4.30. The van der Waals surface area contributed by atoms with Gasteiger partial charge < -0.3 is 5.32 Å². The van der Waals surface area contributed by atoms with Crippen LogP contribution in [0.15, 0.2) is 48.5 Å². The molecule has 0 saturated heterocycles. The van der Waals surface area contributed by atoms with Crippen molar-refractivity contribution < 1.29 is 8.78 Å². The van der Waals surface area contributed by atoms with Gasteiger partial charge in [0.2, 0.25) is 0 Å². The SMILES string of the molecule is Fc1cccc(NCc2nnnn2-c2ccccc2)c1F. The van der Waals surface area contributed by atoms with Gasteiger partial charge in [0.1, 0.15) is 0 Å². The first-order valence-corrected chi connectivity index (χ1v) is 6.26. The Morgan fingerprint density at radius 1 is 1.00 bits per heavy atom. The molecule has 1 aromatic heterocycles. The number of aromatic nitrogens is 4. The lowest BCUT2D eigenvalue weighted by atomic mass is 10.3. The van der Waals surface area contributed by atoms with E-state index in [0.29, 0.717) is 5.82 Å². The molecule has 0 aliphatic carbocycles. The number of para-hydroxylation sites is 1. The number of tetrazole rings is 1. The van der Waals surface area contributed by atoms with Gasteiger partial charge in [-0.2, -0.15) is 4.68 Å². The number of hydrogen-bond donors (Lipinski definition) is 1. The van der Waals surface area contributed by atoms with E-state index in [1.807, 2.05) is 30.3 Å². The van der Waals surface area contributed by atoms with Crippen molar-refractivity contribution in [3.05, 3.63) is 66.0 Å². The molecule has 0 aliphatic rings. The Morgan fingerprint density at radius 2 is 1.81 bits per heavy atom. The van der Waals surface area contributed by atoms with Gasteiger partial charge in [-0.25, -0.2) is 8.78 Å². The third-order valence-electron chi connectivity index (χ3n) is 2.92. The second-order valence-electron chi connectivity index (χ2n) is 4.30. The minimum atomic E-state index is -0.920. The van der Waals surface area contributed by atoms with E-state index < -0.39 is 11.6 Å². The molecular formula is C14H11F2N5. The van der Waals surface area contributed by atoms with Crippen LogP contribution in [0.3, 0.4) is 0 Å². The summed E-state index contributed by atoms with van der Waals surface area (Å²) in [5.41, 5.74) is 0.858. The largest absolute Gasteiger partial charge is 0.375 e. The predicted molar refractivity (Wildman–Crippen MR) is 72.8 cm³/mol. The minimum absolute atomic E-state index is 0.0672. The van der Waals surface area contributed by atoms with Gasteiger partial charge in [0, 0.05) is 0 Å². The van der Waals surface area contributed by atoms with Crippen molar-refractivity contribution >= 4 is 5.69 Å². The molecule has 0 amide bonds. The molecule has 5 nitrogen and oxygen atoms in total. The quantitative estimate of drug-likeness (QED) is 0.801. The second kappa shape index (κ2) is 5.66. The Balaban J connectivity index is 1.81. The summed E-state index contributed by atoms with van der Waals surface area (Å²) >= 11 is 0. The van der Waals surface area contributed by atoms with Crippen LogP contribution in [0.2, 0.25) is 0 Å². The van der Waals surface area contributed by atoms with Crippen molar-refractivity contribution in [2.45, 2.75) is 6.54 Å². The molecule has 21 heavy (non-hydrogen) atoms. The zero-order valence-electron chi connectivity index (χ0n) is 10.9. The summed E-state index contributed by atoms with van der Waals surface area (Å²) in [6.07, 6.45) is 0. The zero-order valence-corrected chi connectivity index (χ0v) is 10.9. The van der Waals surface area contributed by atoms with Gasteiger partial charge in [0.05, 0.1) is 17.9 Å². The molecule has 0 saturated carbocycles. The Kier molecular flexibility index (Phi) is 3.55. The molecule has 3 aromatic rings. The molecule has 0 aliphatic heterocycles. The van der Waals surface area contributed by atoms with Crippen LogP contribution in [0.5, 0.6) is 0 Å². The molecule has 0 spiro atoms. The highest BCUT2D eigenvalue weighted by Crippen LogP contribution is 2.17. The lowest BCUT2D eigenvalue weighted by Gasteiger charge is -2.08. The lowest BCUT2D eigenvalue weighted by molar-refractivity contribution is 0.510. The van der Waals surface area contributed by atoms with Gasteiger partial charge in [-0.1, -0.05) is 24.3 Å².